The molecule has 2 atom stereocenters. The minimum absolute atomic E-state index is 0.117. The number of hydrogen-bond acceptors (Lipinski definition) is 3. The summed E-state index contributed by atoms with van der Waals surface area (Å²) in [5, 5.41) is 15.3. The number of carbonyl (C=O) groups excluding carboxylic acids is 1. The number of urea groups is 1. The van der Waals surface area contributed by atoms with E-state index in [0.717, 1.165) is 11.1 Å². The van der Waals surface area contributed by atoms with Crippen molar-refractivity contribution in [2.75, 3.05) is 20.3 Å². The highest BCUT2D eigenvalue weighted by molar-refractivity contribution is 5.74. The summed E-state index contributed by atoms with van der Waals surface area (Å²) >= 11 is 0. The molecular formula is C17H28N2O3. The molecule has 5 nitrogen and oxygen atoms in total. The van der Waals surface area contributed by atoms with Gasteiger partial charge in [-0.15, -0.1) is 0 Å². The van der Waals surface area contributed by atoms with Crippen molar-refractivity contribution in [1.82, 2.24) is 10.6 Å². The molecule has 0 saturated carbocycles. The van der Waals surface area contributed by atoms with Crippen LogP contribution in [0.25, 0.3) is 0 Å². The van der Waals surface area contributed by atoms with Crippen LogP contribution < -0.4 is 10.6 Å². The maximum atomic E-state index is 12.1. The summed E-state index contributed by atoms with van der Waals surface area (Å²) in [5.41, 5.74) is 2.11. The number of aliphatic hydroxyl groups excluding tert-OH is 1. The summed E-state index contributed by atoms with van der Waals surface area (Å²) in [6, 6.07) is 7.62. The van der Waals surface area contributed by atoms with Crippen LogP contribution in [0.5, 0.6) is 0 Å². The molecule has 0 saturated heterocycles. The lowest BCUT2D eigenvalue weighted by molar-refractivity contribution is 0.0657. The minimum Gasteiger partial charge on any atom is -0.389 e. The standard InChI is InChI=1S/C17H28N2O3/c1-12-8-6-7-9-14(12)15(17(2,3)4)19-16(21)18-10-13(20)11-22-5/h6-9,13,15,20H,10-11H2,1-5H3,(H2,18,19,21)/t13-,15-/m0/s1. The smallest absolute Gasteiger partial charge is 0.315 e. The number of benzene rings is 1. The van der Waals surface area contributed by atoms with Crippen LogP contribution >= 0.6 is 0 Å². The van der Waals surface area contributed by atoms with Crippen LogP contribution in [0.1, 0.15) is 37.9 Å². The Morgan fingerprint density at radius 3 is 2.50 bits per heavy atom. The van der Waals surface area contributed by atoms with Crippen molar-refractivity contribution in [3.05, 3.63) is 35.4 Å². The van der Waals surface area contributed by atoms with Gasteiger partial charge in [-0.05, 0) is 23.5 Å². The van der Waals surface area contributed by atoms with Gasteiger partial charge < -0.3 is 20.5 Å². The SMILES string of the molecule is COC[C@@H](O)CNC(=O)N[C@@H](c1ccccc1C)C(C)(C)C. The number of aryl methyl sites for hydroxylation is 1. The van der Waals surface area contributed by atoms with Crippen molar-refractivity contribution in [1.29, 1.82) is 0 Å². The fourth-order valence-electron chi connectivity index (χ4n) is 2.32. The number of rotatable bonds is 6. The molecule has 0 fully saturated rings. The molecule has 3 N–H and O–H groups in total. The van der Waals surface area contributed by atoms with Crippen LogP contribution in [-0.2, 0) is 4.74 Å². The number of amides is 2. The normalized spacial score (nSPS) is 14.3. The molecule has 22 heavy (non-hydrogen) atoms. The Morgan fingerprint density at radius 2 is 1.95 bits per heavy atom. The first-order valence-electron chi connectivity index (χ1n) is 7.52. The van der Waals surface area contributed by atoms with Crippen LogP contribution in [0.4, 0.5) is 4.79 Å². The Labute approximate surface area is 133 Å². The predicted molar refractivity (Wildman–Crippen MR) is 87.8 cm³/mol. The molecule has 5 heteroatoms. The third kappa shape index (κ3) is 5.66. The minimum atomic E-state index is -0.706. The monoisotopic (exact) mass is 308 g/mol. The number of aliphatic hydroxyl groups is 1. The fraction of sp³-hybridized carbons (Fsp3) is 0.588. The van der Waals surface area contributed by atoms with E-state index in [0.29, 0.717) is 0 Å². The molecule has 0 aliphatic carbocycles. The Hall–Kier alpha value is -1.59. The second-order valence-corrected chi connectivity index (χ2v) is 6.62. The van der Waals surface area contributed by atoms with Crippen LogP contribution in [-0.4, -0.2) is 37.5 Å². The lowest BCUT2D eigenvalue weighted by atomic mass is 9.81. The quantitative estimate of drug-likeness (QED) is 0.755. The van der Waals surface area contributed by atoms with Crippen LogP contribution in [0.2, 0.25) is 0 Å². The van der Waals surface area contributed by atoms with Gasteiger partial charge in [-0.2, -0.15) is 0 Å². The highest BCUT2D eigenvalue weighted by Crippen LogP contribution is 2.34. The Kier molecular flexibility index (Phi) is 6.84. The van der Waals surface area contributed by atoms with Crippen molar-refractivity contribution in [2.45, 2.75) is 39.8 Å². The van der Waals surface area contributed by atoms with Crippen LogP contribution in [0.3, 0.4) is 0 Å². The molecule has 0 unspecified atom stereocenters. The lowest BCUT2D eigenvalue weighted by Crippen LogP contribution is -2.45. The Bertz CT molecular complexity index is 483. The number of ether oxygens (including phenoxy) is 1. The van der Waals surface area contributed by atoms with Crippen molar-refractivity contribution in [3.63, 3.8) is 0 Å². The van der Waals surface area contributed by atoms with Gasteiger partial charge in [0.25, 0.3) is 0 Å². The van der Waals surface area contributed by atoms with E-state index in [9.17, 15) is 9.90 Å². The van der Waals surface area contributed by atoms with E-state index in [1.807, 2.05) is 31.2 Å². The van der Waals surface area contributed by atoms with Crippen molar-refractivity contribution in [2.24, 2.45) is 5.41 Å². The molecular weight excluding hydrogens is 280 g/mol. The van der Waals surface area contributed by atoms with E-state index in [1.54, 1.807) is 0 Å². The molecule has 2 amide bonds. The molecule has 0 aliphatic heterocycles. The van der Waals surface area contributed by atoms with Gasteiger partial charge in [0.1, 0.15) is 0 Å². The molecule has 1 aromatic rings. The first kappa shape index (κ1) is 18.5. The predicted octanol–water partition coefficient (Wildman–Crippen LogP) is 2.39. The van der Waals surface area contributed by atoms with E-state index >= 15 is 0 Å². The summed E-state index contributed by atoms with van der Waals surface area (Å²) in [7, 11) is 1.51. The Balaban J connectivity index is 2.75. The zero-order valence-electron chi connectivity index (χ0n) is 14.1. The van der Waals surface area contributed by atoms with E-state index in [4.69, 9.17) is 4.74 Å². The number of hydrogen-bond donors (Lipinski definition) is 3. The number of carbonyl (C=O) groups is 1. The maximum Gasteiger partial charge on any atom is 0.315 e. The first-order chi connectivity index (χ1) is 10.3. The van der Waals surface area contributed by atoms with Gasteiger partial charge in [0.05, 0.1) is 18.8 Å². The Morgan fingerprint density at radius 1 is 1.32 bits per heavy atom. The first-order valence-corrected chi connectivity index (χ1v) is 7.52. The average molecular weight is 308 g/mol. The fourth-order valence-corrected chi connectivity index (χ4v) is 2.32. The van der Waals surface area contributed by atoms with Gasteiger partial charge >= 0.3 is 6.03 Å². The largest absolute Gasteiger partial charge is 0.389 e. The molecule has 0 bridgehead atoms. The second-order valence-electron chi connectivity index (χ2n) is 6.62. The van der Waals surface area contributed by atoms with E-state index in [2.05, 4.69) is 31.4 Å². The molecule has 1 aromatic carbocycles. The maximum absolute atomic E-state index is 12.1. The second kappa shape index (κ2) is 8.15. The zero-order valence-corrected chi connectivity index (χ0v) is 14.1. The molecule has 0 spiro atoms. The third-order valence-electron chi connectivity index (χ3n) is 3.50. The summed E-state index contributed by atoms with van der Waals surface area (Å²) in [6.45, 7) is 8.65. The lowest BCUT2D eigenvalue weighted by Gasteiger charge is -2.33. The van der Waals surface area contributed by atoms with Gasteiger partial charge in [0.2, 0.25) is 0 Å². The molecule has 0 aromatic heterocycles. The summed E-state index contributed by atoms with van der Waals surface area (Å²) < 4.78 is 4.83. The summed E-state index contributed by atoms with van der Waals surface area (Å²) in [4.78, 5) is 12.1. The van der Waals surface area contributed by atoms with Gasteiger partial charge in [-0.1, -0.05) is 45.0 Å². The highest BCUT2D eigenvalue weighted by atomic mass is 16.5. The molecule has 124 valence electrons. The third-order valence-corrected chi connectivity index (χ3v) is 3.50. The van der Waals surface area contributed by atoms with Gasteiger partial charge in [-0.25, -0.2) is 4.79 Å². The highest BCUT2D eigenvalue weighted by Gasteiger charge is 2.28. The van der Waals surface area contributed by atoms with E-state index in [-0.39, 0.29) is 30.6 Å². The molecule has 0 radical (unpaired) electrons. The summed E-state index contributed by atoms with van der Waals surface area (Å²) in [5.74, 6) is 0. The van der Waals surface area contributed by atoms with Crippen LogP contribution in [0, 0.1) is 12.3 Å². The number of nitrogens with one attached hydrogen (secondary N) is 2. The van der Waals surface area contributed by atoms with Gasteiger partial charge in [-0.3, -0.25) is 0 Å². The topological polar surface area (TPSA) is 70.6 Å². The molecule has 1 rings (SSSR count). The van der Waals surface area contributed by atoms with Crippen molar-refractivity contribution >= 4 is 6.03 Å². The number of methoxy groups -OCH3 is 1. The zero-order chi connectivity index (χ0) is 16.8. The van der Waals surface area contributed by atoms with Crippen molar-refractivity contribution < 1.29 is 14.6 Å². The van der Waals surface area contributed by atoms with Crippen molar-refractivity contribution in [3.8, 4) is 0 Å². The van der Waals surface area contributed by atoms with Gasteiger partial charge in [0, 0.05) is 13.7 Å². The summed E-state index contributed by atoms with van der Waals surface area (Å²) in [6.07, 6.45) is -0.706. The van der Waals surface area contributed by atoms with E-state index in [1.165, 1.54) is 7.11 Å². The molecule has 0 heterocycles. The van der Waals surface area contributed by atoms with Gasteiger partial charge in [0.15, 0.2) is 0 Å². The van der Waals surface area contributed by atoms with Crippen LogP contribution in [0.15, 0.2) is 24.3 Å². The van der Waals surface area contributed by atoms with E-state index < -0.39 is 6.10 Å². The molecule has 0 aliphatic rings. The average Bonchev–Trinajstić information content (AvgIpc) is 2.43.